The minimum Gasteiger partial charge on any atom is -0.468 e. The zero-order valence-corrected chi connectivity index (χ0v) is 18.3. The molecule has 156 valence electrons. The van der Waals surface area contributed by atoms with Gasteiger partial charge in [-0.1, -0.05) is 23.5 Å². The van der Waals surface area contributed by atoms with Crippen molar-refractivity contribution in [2.45, 2.75) is 17.9 Å². The maximum Gasteiger partial charge on any atom is 0.337 e. The summed E-state index contributed by atoms with van der Waals surface area (Å²) in [5, 5.41) is 0. The van der Waals surface area contributed by atoms with E-state index in [9.17, 15) is 14.4 Å². The molecule has 0 aliphatic heterocycles. The molecule has 0 aliphatic carbocycles. The van der Waals surface area contributed by atoms with Crippen LogP contribution in [0.1, 0.15) is 15.9 Å². The Balaban J connectivity index is 2.00. The number of carbonyl (C=O) groups is 3. The van der Waals surface area contributed by atoms with Gasteiger partial charge in [0.25, 0.3) is 5.91 Å². The second-order valence-electron chi connectivity index (χ2n) is 6.25. The number of carbonyl (C=O) groups excluding carboxylic acids is 3. The Morgan fingerprint density at radius 1 is 1.07 bits per heavy atom. The van der Waals surface area contributed by atoms with Crippen LogP contribution in [0.3, 0.4) is 0 Å². The third-order valence-corrected chi connectivity index (χ3v) is 6.14. The molecule has 30 heavy (non-hydrogen) atoms. The van der Waals surface area contributed by atoms with Crippen molar-refractivity contribution < 1.29 is 23.9 Å². The summed E-state index contributed by atoms with van der Waals surface area (Å²) in [6, 6.07) is 12.7. The molecule has 1 amide bonds. The molecule has 0 saturated heterocycles. The monoisotopic (exact) mass is 444 g/mol. The molecule has 0 aliphatic rings. The lowest BCUT2D eigenvalue weighted by atomic mass is 10.1. The normalized spacial score (nSPS) is 11.5. The van der Waals surface area contributed by atoms with E-state index in [1.165, 1.54) is 25.6 Å². The van der Waals surface area contributed by atoms with Gasteiger partial charge in [0.2, 0.25) is 0 Å². The van der Waals surface area contributed by atoms with Gasteiger partial charge in [-0.2, -0.15) is 4.99 Å². The van der Waals surface area contributed by atoms with E-state index in [0.717, 1.165) is 10.5 Å². The minimum absolute atomic E-state index is 0.0946. The number of benzene rings is 2. The van der Waals surface area contributed by atoms with Crippen LogP contribution in [-0.2, 0) is 32.0 Å². The van der Waals surface area contributed by atoms with Crippen LogP contribution in [0.15, 0.2) is 52.4 Å². The molecule has 0 N–H and O–H groups in total. The fourth-order valence-electron chi connectivity index (χ4n) is 2.81. The molecular weight excluding hydrogens is 424 g/mol. The Hall–Kier alpha value is -2.91. The number of ether oxygens (including phenoxy) is 2. The Morgan fingerprint density at radius 3 is 2.43 bits per heavy atom. The predicted molar refractivity (Wildman–Crippen MR) is 116 cm³/mol. The highest BCUT2D eigenvalue weighted by Gasteiger charge is 2.14. The van der Waals surface area contributed by atoms with Crippen LogP contribution in [-0.4, -0.2) is 42.9 Å². The van der Waals surface area contributed by atoms with E-state index in [1.54, 1.807) is 34.5 Å². The molecule has 3 rings (SSSR count). The first-order valence-electron chi connectivity index (χ1n) is 8.94. The molecule has 0 unspecified atom stereocenters. The van der Waals surface area contributed by atoms with Gasteiger partial charge in [-0.05, 0) is 42.2 Å². The van der Waals surface area contributed by atoms with Gasteiger partial charge in [0, 0.05) is 4.90 Å². The number of rotatable bonds is 6. The molecule has 9 heteroatoms. The Kier molecular flexibility index (Phi) is 7.07. The quantitative estimate of drug-likeness (QED) is 0.429. The summed E-state index contributed by atoms with van der Waals surface area (Å²) < 4.78 is 11.8. The first-order chi connectivity index (χ1) is 14.4. The fraction of sp³-hybridized carbons (Fsp3) is 0.238. The van der Waals surface area contributed by atoms with Gasteiger partial charge in [-0.15, -0.1) is 11.8 Å². The first kappa shape index (κ1) is 21.8. The van der Waals surface area contributed by atoms with Gasteiger partial charge < -0.3 is 14.0 Å². The zero-order chi connectivity index (χ0) is 21.7. The summed E-state index contributed by atoms with van der Waals surface area (Å²) in [6.45, 7) is -0.0946. The van der Waals surface area contributed by atoms with Crippen molar-refractivity contribution in [2.24, 2.45) is 4.99 Å². The number of aromatic nitrogens is 1. The molecule has 0 fully saturated rings. The van der Waals surface area contributed by atoms with E-state index >= 15 is 0 Å². The van der Waals surface area contributed by atoms with Crippen molar-refractivity contribution in [1.29, 1.82) is 0 Å². The summed E-state index contributed by atoms with van der Waals surface area (Å²) in [5.74, 6) is -1.26. The number of methoxy groups -OCH3 is 2. The average molecular weight is 445 g/mol. The minimum atomic E-state index is -0.465. The topological polar surface area (TPSA) is 87.0 Å². The van der Waals surface area contributed by atoms with E-state index in [0.29, 0.717) is 20.6 Å². The highest BCUT2D eigenvalue weighted by molar-refractivity contribution is 7.98. The predicted octanol–water partition coefficient (Wildman–Crippen LogP) is 3.05. The third-order valence-electron chi connectivity index (χ3n) is 4.35. The number of thioether (sulfide) groups is 1. The summed E-state index contributed by atoms with van der Waals surface area (Å²) in [7, 11) is 2.61. The average Bonchev–Trinajstić information content (AvgIpc) is 3.09. The highest BCUT2D eigenvalue weighted by Crippen LogP contribution is 2.20. The molecule has 1 aromatic heterocycles. The maximum absolute atomic E-state index is 12.6. The van der Waals surface area contributed by atoms with Crippen LogP contribution in [0.5, 0.6) is 0 Å². The molecular formula is C21H20N2O5S2. The van der Waals surface area contributed by atoms with Crippen molar-refractivity contribution in [3.05, 3.63) is 58.4 Å². The second kappa shape index (κ2) is 9.73. The van der Waals surface area contributed by atoms with Crippen molar-refractivity contribution in [1.82, 2.24) is 4.57 Å². The van der Waals surface area contributed by atoms with E-state index in [4.69, 9.17) is 9.47 Å². The maximum atomic E-state index is 12.6. The highest BCUT2D eigenvalue weighted by atomic mass is 32.2. The van der Waals surface area contributed by atoms with Gasteiger partial charge in [0.1, 0.15) is 6.54 Å². The summed E-state index contributed by atoms with van der Waals surface area (Å²) in [6.07, 6.45) is 2.14. The number of fused-ring (bicyclic) bond motifs is 1. The van der Waals surface area contributed by atoms with E-state index in [-0.39, 0.29) is 18.9 Å². The van der Waals surface area contributed by atoms with E-state index in [1.807, 2.05) is 30.5 Å². The van der Waals surface area contributed by atoms with Crippen LogP contribution in [0.25, 0.3) is 10.2 Å². The van der Waals surface area contributed by atoms with E-state index in [2.05, 4.69) is 4.99 Å². The largest absolute Gasteiger partial charge is 0.468 e. The fourth-order valence-corrected chi connectivity index (χ4v) is 4.31. The summed E-state index contributed by atoms with van der Waals surface area (Å²) in [4.78, 5) is 42.0. The SMILES string of the molecule is COC(=O)Cn1c(=NC(=O)Cc2ccc(SC)cc2)sc2cc(C(=O)OC)ccc21. The third kappa shape index (κ3) is 4.98. The zero-order valence-electron chi connectivity index (χ0n) is 16.7. The molecule has 3 aromatic rings. The molecule has 0 spiro atoms. The lowest BCUT2D eigenvalue weighted by molar-refractivity contribution is -0.141. The molecule has 7 nitrogen and oxygen atoms in total. The van der Waals surface area contributed by atoms with Crippen LogP contribution < -0.4 is 4.80 Å². The van der Waals surface area contributed by atoms with Crippen molar-refractivity contribution in [3.8, 4) is 0 Å². The number of esters is 2. The van der Waals surface area contributed by atoms with Gasteiger partial charge in [0.05, 0.1) is 36.4 Å². The number of hydrogen-bond acceptors (Lipinski definition) is 7. The molecule has 1 heterocycles. The number of thiazole rings is 1. The summed E-state index contributed by atoms with van der Waals surface area (Å²) >= 11 is 2.85. The molecule has 0 saturated carbocycles. The van der Waals surface area contributed by atoms with Crippen LogP contribution in [0.2, 0.25) is 0 Å². The second-order valence-corrected chi connectivity index (χ2v) is 8.14. The van der Waals surface area contributed by atoms with Gasteiger partial charge in [-0.3, -0.25) is 9.59 Å². The smallest absolute Gasteiger partial charge is 0.337 e. The van der Waals surface area contributed by atoms with Gasteiger partial charge >= 0.3 is 11.9 Å². The standard InChI is InChI=1S/C21H20N2O5S2/c1-27-19(25)12-23-16-9-6-14(20(26)28-2)11-17(16)30-21(23)22-18(24)10-13-4-7-15(29-3)8-5-13/h4-9,11H,10,12H2,1-3H3. The van der Waals surface area contributed by atoms with Gasteiger partial charge in [-0.25, -0.2) is 4.79 Å². The summed E-state index contributed by atoms with van der Waals surface area (Å²) in [5.41, 5.74) is 1.91. The van der Waals surface area contributed by atoms with Crippen LogP contribution >= 0.6 is 23.1 Å². The lowest BCUT2D eigenvalue weighted by Gasteiger charge is -2.04. The van der Waals surface area contributed by atoms with E-state index < -0.39 is 11.9 Å². The van der Waals surface area contributed by atoms with Crippen molar-refractivity contribution >= 4 is 51.2 Å². The Bertz CT molecular complexity index is 1160. The first-order valence-corrected chi connectivity index (χ1v) is 11.0. The molecule has 0 bridgehead atoms. The van der Waals surface area contributed by atoms with Crippen LogP contribution in [0, 0.1) is 0 Å². The molecule has 2 aromatic carbocycles. The van der Waals surface area contributed by atoms with Crippen molar-refractivity contribution in [2.75, 3.05) is 20.5 Å². The Labute approximate surface area is 181 Å². The lowest BCUT2D eigenvalue weighted by Crippen LogP contribution is -2.22. The number of nitrogens with zero attached hydrogens (tertiary/aromatic N) is 2. The van der Waals surface area contributed by atoms with Crippen molar-refractivity contribution in [3.63, 3.8) is 0 Å². The molecule has 0 radical (unpaired) electrons. The number of hydrogen-bond donors (Lipinski definition) is 0. The van der Waals surface area contributed by atoms with Crippen LogP contribution in [0.4, 0.5) is 0 Å². The Morgan fingerprint density at radius 2 is 1.80 bits per heavy atom. The number of amides is 1. The van der Waals surface area contributed by atoms with Gasteiger partial charge in [0.15, 0.2) is 4.80 Å². The molecule has 0 atom stereocenters.